The second-order valence-corrected chi connectivity index (χ2v) is 4.68. The number of primary amides is 1. The topological polar surface area (TPSA) is 82.0 Å². The molecule has 0 saturated carbocycles. The van der Waals surface area contributed by atoms with Gasteiger partial charge in [0, 0.05) is 0 Å². The van der Waals surface area contributed by atoms with Gasteiger partial charge in [-0.2, -0.15) is 0 Å². The Labute approximate surface area is 121 Å². The van der Waals surface area contributed by atoms with E-state index in [4.69, 9.17) is 10.2 Å². The highest BCUT2D eigenvalue weighted by molar-refractivity contribution is 5.99. The number of hydrogen-bond acceptors (Lipinski definition) is 4. The first-order valence-corrected chi connectivity index (χ1v) is 6.43. The Bertz CT molecular complexity index is 795. The number of aromatic nitrogens is 2. The molecule has 5 heteroatoms. The van der Waals surface area contributed by atoms with Gasteiger partial charge in [0.05, 0.1) is 11.1 Å². The number of nitrogens with two attached hydrogens (primary N) is 1. The Balaban J connectivity index is 2.20. The lowest BCUT2D eigenvalue weighted by Gasteiger charge is -2.09. The summed E-state index contributed by atoms with van der Waals surface area (Å²) in [5.41, 5.74) is 9.49. The highest BCUT2D eigenvalue weighted by Gasteiger charge is 2.15. The molecule has 0 saturated heterocycles. The van der Waals surface area contributed by atoms with E-state index in [1.165, 1.54) is 6.39 Å². The third-order valence-corrected chi connectivity index (χ3v) is 3.33. The van der Waals surface area contributed by atoms with Crippen LogP contribution in [0.5, 0.6) is 0 Å². The summed E-state index contributed by atoms with van der Waals surface area (Å²) in [6.07, 6.45) is 1.22. The maximum Gasteiger partial charge on any atom is 0.249 e. The van der Waals surface area contributed by atoms with Crippen LogP contribution >= 0.6 is 0 Å². The van der Waals surface area contributed by atoms with E-state index in [1.807, 2.05) is 43.3 Å². The van der Waals surface area contributed by atoms with E-state index in [9.17, 15) is 4.79 Å². The molecule has 0 fully saturated rings. The Hall–Kier alpha value is -2.95. The summed E-state index contributed by atoms with van der Waals surface area (Å²) >= 11 is 0. The molecule has 0 unspecified atom stereocenters. The predicted molar refractivity (Wildman–Crippen MR) is 78.4 cm³/mol. The molecular formula is C16H13N3O2. The zero-order valence-electron chi connectivity index (χ0n) is 11.4. The van der Waals surface area contributed by atoms with Crippen molar-refractivity contribution in [2.75, 3.05) is 0 Å². The number of carbonyl (C=O) groups is 1. The molecule has 0 aliphatic rings. The maximum absolute atomic E-state index is 11.6. The van der Waals surface area contributed by atoms with E-state index < -0.39 is 5.91 Å². The average molecular weight is 279 g/mol. The van der Waals surface area contributed by atoms with Crippen LogP contribution in [-0.4, -0.2) is 16.1 Å². The van der Waals surface area contributed by atoms with Crippen molar-refractivity contribution in [3.8, 4) is 22.6 Å². The summed E-state index contributed by atoms with van der Waals surface area (Å²) in [6.45, 7) is 2.03. The lowest BCUT2D eigenvalue weighted by molar-refractivity contribution is 0.100. The van der Waals surface area contributed by atoms with E-state index in [0.29, 0.717) is 11.1 Å². The molecule has 0 spiro atoms. The highest BCUT2D eigenvalue weighted by Crippen LogP contribution is 2.30. The van der Waals surface area contributed by atoms with Gasteiger partial charge in [0.2, 0.25) is 18.2 Å². The van der Waals surface area contributed by atoms with Gasteiger partial charge < -0.3 is 10.2 Å². The Morgan fingerprint density at radius 2 is 1.95 bits per heavy atom. The third-order valence-electron chi connectivity index (χ3n) is 3.33. The van der Waals surface area contributed by atoms with E-state index >= 15 is 0 Å². The fraction of sp³-hybridized carbons (Fsp3) is 0.0625. The van der Waals surface area contributed by atoms with Crippen molar-refractivity contribution in [1.82, 2.24) is 10.2 Å². The van der Waals surface area contributed by atoms with Crippen LogP contribution in [0.3, 0.4) is 0 Å². The van der Waals surface area contributed by atoms with Crippen LogP contribution in [0.4, 0.5) is 0 Å². The van der Waals surface area contributed by atoms with Crippen LogP contribution in [-0.2, 0) is 0 Å². The zero-order valence-corrected chi connectivity index (χ0v) is 11.4. The fourth-order valence-electron chi connectivity index (χ4n) is 2.29. The normalized spacial score (nSPS) is 10.5. The smallest absolute Gasteiger partial charge is 0.249 e. The summed E-state index contributed by atoms with van der Waals surface area (Å²) in [5, 5.41) is 7.51. The van der Waals surface area contributed by atoms with E-state index in [-0.39, 0.29) is 5.89 Å². The first-order valence-electron chi connectivity index (χ1n) is 6.43. The molecule has 0 aliphatic carbocycles. The summed E-state index contributed by atoms with van der Waals surface area (Å²) in [6, 6.07) is 13.4. The van der Waals surface area contributed by atoms with Gasteiger partial charge in [-0.1, -0.05) is 30.3 Å². The highest BCUT2D eigenvalue weighted by atomic mass is 16.4. The van der Waals surface area contributed by atoms with Crippen LogP contribution in [0, 0.1) is 6.92 Å². The van der Waals surface area contributed by atoms with Gasteiger partial charge in [0.25, 0.3) is 0 Å². The number of aryl methyl sites for hydroxylation is 1. The Morgan fingerprint density at radius 3 is 2.62 bits per heavy atom. The monoisotopic (exact) mass is 279 g/mol. The van der Waals surface area contributed by atoms with Crippen molar-refractivity contribution < 1.29 is 9.21 Å². The minimum absolute atomic E-state index is 0.277. The quantitative estimate of drug-likeness (QED) is 0.799. The molecule has 1 heterocycles. The molecule has 0 aliphatic heterocycles. The lowest BCUT2D eigenvalue weighted by atomic mass is 9.96. The number of carbonyl (C=O) groups excluding carboxylic acids is 1. The number of rotatable bonds is 3. The van der Waals surface area contributed by atoms with Gasteiger partial charge >= 0.3 is 0 Å². The molecule has 0 atom stereocenters. The summed E-state index contributed by atoms with van der Waals surface area (Å²) < 4.78 is 5.20. The molecule has 1 aromatic heterocycles. The van der Waals surface area contributed by atoms with Crippen LogP contribution in [0.15, 0.2) is 53.3 Å². The van der Waals surface area contributed by atoms with Gasteiger partial charge in [0.15, 0.2) is 0 Å². The molecule has 2 N–H and O–H groups in total. The van der Waals surface area contributed by atoms with Crippen molar-refractivity contribution in [2.45, 2.75) is 6.92 Å². The molecular weight excluding hydrogens is 266 g/mol. The second-order valence-electron chi connectivity index (χ2n) is 4.68. The second kappa shape index (κ2) is 5.20. The third kappa shape index (κ3) is 2.41. The number of amides is 1. The van der Waals surface area contributed by atoms with Crippen LogP contribution in [0.1, 0.15) is 15.9 Å². The van der Waals surface area contributed by atoms with E-state index in [0.717, 1.165) is 16.7 Å². The van der Waals surface area contributed by atoms with Crippen molar-refractivity contribution >= 4 is 5.91 Å². The van der Waals surface area contributed by atoms with Crippen LogP contribution < -0.4 is 5.73 Å². The lowest BCUT2D eigenvalue weighted by Crippen LogP contribution is -2.12. The van der Waals surface area contributed by atoms with Crippen molar-refractivity contribution in [3.63, 3.8) is 0 Å². The van der Waals surface area contributed by atoms with Crippen LogP contribution in [0.25, 0.3) is 22.6 Å². The predicted octanol–water partition coefficient (Wildman–Crippen LogP) is 2.81. The van der Waals surface area contributed by atoms with Gasteiger partial charge in [-0.3, -0.25) is 4.79 Å². The molecule has 21 heavy (non-hydrogen) atoms. The first kappa shape index (κ1) is 13.1. The van der Waals surface area contributed by atoms with Gasteiger partial charge in [-0.05, 0) is 35.7 Å². The number of hydrogen-bond donors (Lipinski definition) is 1. The largest absolute Gasteiger partial charge is 0.423 e. The molecule has 0 bridgehead atoms. The molecule has 1 amide bonds. The fourth-order valence-corrected chi connectivity index (χ4v) is 2.29. The Morgan fingerprint density at radius 1 is 1.14 bits per heavy atom. The average Bonchev–Trinajstić information content (AvgIpc) is 3.01. The van der Waals surface area contributed by atoms with Crippen LogP contribution in [0.2, 0.25) is 0 Å². The van der Waals surface area contributed by atoms with Crippen molar-refractivity contribution in [2.24, 2.45) is 5.73 Å². The molecule has 0 radical (unpaired) electrons. The van der Waals surface area contributed by atoms with Gasteiger partial charge in [-0.15, -0.1) is 10.2 Å². The number of nitrogens with zero attached hydrogens (tertiary/aromatic N) is 2. The standard InChI is InChI=1S/C16H13N3O2/c1-10-4-2-3-5-12(10)11-6-7-13(15(17)20)14(8-11)16-19-18-9-21-16/h2-9H,1H3,(H2,17,20). The van der Waals surface area contributed by atoms with E-state index in [2.05, 4.69) is 10.2 Å². The van der Waals surface area contributed by atoms with Gasteiger partial charge in [-0.25, -0.2) is 0 Å². The molecule has 3 rings (SSSR count). The summed E-state index contributed by atoms with van der Waals surface area (Å²) in [5.74, 6) is -0.251. The molecule has 5 nitrogen and oxygen atoms in total. The van der Waals surface area contributed by atoms with E-state index in [1.54, 1.807) is 6.07 Å². The number of benzene rings is 2. The summed E-state index contributed by atoms with van der Waals surface area (Å²) in [4.78, 5) is 11.6. The SMILES string of the molecule is Cc1ccccc1-c1ccc(C(N)=O)c(-c2nnco2)c1. The first-order chi connectivity index (χ1) is 10.2. The molecule has 2 aromatic carbocycles. The van der Waals surface area contributed by atoms with Crippen molar-refractivity contribution in [3.05, 3.63) is 60.0 Å². The van der Waals surface area contributed by atoms with Gasteiger partial charge in [0.1, 0.15) is 0 Å². The molecule has 3 aromatic rings. The summed E-state index contributed by atoms with van der Waals surface area (Å²) in [7, 11) is 0. The zero-order chi connectivity index (χ0) is 14.8. The minimum atomic E-state index is -0.528. The minimum Gasteiger partial charge on any atom is -0.423 e. The van der Waals surface area contributed by atoms with Crippen molar-refractivity contribution in [1.29, 1.82) is 0 Å². The maximum atomic E-state index is 11.6. The Kier molecular flexibility index (Phi) is 3.23. The molecule has 104 valence electrons.